The van der Waals surface area contributed by atoms with Crippen molar-refractivity contribution in [1.29, 1.82) is 0 Å². The molecule has 3 heteroatoms. The zero-order valence-corrected chi connectivity index (χ0v) is 14.9. The van der Waals surface area contributed by atoms with Gasteiger partial charge in [-0.3, -0.25) is 0 Å². The highest BCUT2D eigenvalue weighted by atomic mass is 16.3. The first kappa shape index (κ1) is 17.2. The Hall–Kier alpha value is -2.16. The van der Waals surface area contributed by atoms with Crippen molar-refractivity contribution in [2.45, 2.75) is 52.4 Å². The Morgan fingerprint density at radius 1 is 0.783 bits per heavy atom. The van der Waals surface area contributed by atoms with Gasteiger partial charge in [-0.15, -0.1) is 0 Å². The van der Waals surface area contributed by atoms with Crippen LogP contribution < -0.4 is 5.32 Å². The van der Waals surface area contributed by atoms with E-state index in [0.717, 1.165) is 16.8 Å². The molecule has 0 unspecified atom stereocenters. The molecule has 0 bridgehead atoms. The first-order valence-electron chi connectivity index (χ1n) is 7.93. The Morgan fingerprint density at radius 2 is 1.26 bits per heavy atom. The van der Waals surface area contributed by atoms with Crippen LogP contribution in [-0.4, -0.2) is 10.2 Å². The summed E-state index contributed by atoms with van der Waals surface area (Å²) in [5, 5.41) is 24.0. The topological polar surface area (TPSA) is 52.5 Å². The summed E-state index contributed by atoms with van der Waals surface area (Å²) in [5.41, 5.74) is 2.93. The fourth-order valence-corrected chi connectivity index (χ4v) is 2.58. The van der Waals surface area contributed by atoms with Crippen molar-refractivity contribution >= 4 is 11.4 Å². The normalized spacial score (nSPS) is 12.3. The molecule has 23 heavy (non-hydrogen) atoms. The molecule has 0 radical (unpaired) electrons. The van der Waals surface area contributed by atoms with E-state index in [-0.39, 0.29) is 16.6 Å². The number of hydrogen-bond donors (Lipinski definition) is 3. The number of phenols is 2. The molecule has 3 N–H and O–H groups in total. The van der Waals surface area contributed by atoms with Crippen LogP contribution in [0.25, 0.3) is 0 Å². The van der Waals surface area contributed by atoms with Crippen LogP contribution in [0.3, 0.4) is 0 Å². The summed E-state index contributed by atoms with van der Waals surface area (Å²) in [6.45, 7) is 12.5. The van der Waals surface area contributed by atoms with Crippen molar-refractivity contribution in [2.24, 2.45) is 0 Å². The van der Waals surface area contributed by atoms with Crippen molar-refractivity contribution in [3.8, 4) is 11.5 Å². The van der Waals surface area contributed by atoms with Crippen molar-refractivity contribution < 1.29 is 10.2 Å². The van der Waals surface area contributed by atoms with E-state index in [2.05, 4.69) is 46.9 Å². The number of hydrogen-bond acceptors (Lipinski definition) is 3. The van der Waals surface area contributed by atoms with Gasteiger partial charge in [-0.25, -0.2) is 0 Å². The van der Waals surface area contributed by atoms with Crippen LogP contribution in [0.1, 0.15) is 52.7 Å². The molecule has 3 nitrogen and oxygen atoms in total. The quantitative estimate of drug-likeness (QED) is 0.511. The largest absolute Gasteiger partial charge is 0.507 e. The second kappa shape index (κ2) is 5.80. The second-order valence-electron chi connectivity index (χ2n) is 8.06. The zero-order chi connectivity index (χ0) is 17.4. The van der Waals surface area contributed by atoms with Gasteiger partial charge in [0.2, 0.25) is 0 Å². The zero-order valence-electron chi connectivity index (χ0n) is 14.9. The summed E-state index contributed by atoms with van der Waals surface area (Å²) < 4.78 is 0. The molecule has 0 aliphatic carbocycles. The van der Waals surface area contributed by atoms with Crippen LogP contribution in [0, 0.1) is 0 Å². The molecule has 0 saturated carbocycles. The van der Waals surface area contributed by atoms with E-state index in [1.165, 1.54) is 0 Å². The van der Waals surface area contributed by atoms with Gasteiger partial charge < -0.3 is 15.5 Å². The summed E-state index contributed by atoms with van der Waals surface area (Å²) >= 11 is 0. The smallest absolute Gasteiger partial charge is 0.139 e. The van der Waals surface area contributed by atoms with E-state index in [1.807, 2.05) is 24.3 Å². The predicted molar refractivity (Wildman–Crippen MR) is 96.9 cm³/mol. The number of anilines is 2. The van der Waals surface area contributed by atoms with Crippen LogP contribution >= 0.6 is 0 Å². The van der Waals surface area contributed by atoms with E-state index in [1.54, 1.807) is 12.1 Å². The number of aromatic hydroxyl groups is 2. The highest BCUT2D eigenvalue weighted by molar-refractivity contribution is 5.69. The maximum absolute atomic E-state index is 10.7. The summed E-state index contributed by atoms with van der Waals surface area (Å²) in [4.78, 5) is 0. The molecule has 0 aliphatic rings. The Balaban J connectivity index is 2.59. The highest BCUT2D eigenvalue weighted by Crippen LogP contribution is 2.42. The molecule has 0 spiro atoms. The van der Waals surface area contributed by atoms with Crippen LogP contribution in [0.5, 0.6) is 11.5 Å². The average molecular weight is 313 g/mol. The summed E-state index contributed by atoms with van der Waals surface area (Å²) in [7, 11) is 0. The summed E-state index contributed by atoms with van der Waals surface area (Å²) in [6.07, 6.45) is 0. The van der Waals surface area contributed by atoms with E-state index in [0.29, 0.717) is 11.4 Å². The minimum Gasteiger partial charge on any atom is -0.507 e. The second-order valence-corrected chi connectivity index (χ2v) is 8.06. The van der Waals surface area contributed by atoms with Gasteiger partial charge in [-0.05, 0) is 35.1 Å². The molecule has 0 aromatic heterocycles. The van der Waals surface area contributed by atoms with Crippen molar-refractivity contribution in [3.05, 3.63) is 47.5 Å². The van der Waals surface area contributed by atoms with E-state index < -0.39 is 0 Å². The van der Waals surface area contributed by atoms with Crippen molar-refractivity contribution in [1.82, 2.24) is 0 Å². The van der Waals surface area contributed by atoms with Gasteiger partial charge in [-0.1, -0.05) is 53.7 Å². The lowest BCUT2D eigenvalue weighted by Gasteiger charge is -2.28. The third kappa shape index (κ3) is 3.79. The summed E-state index contributed by atoms with van der Waals surface area (Å²) in [6, 6.07) is 11.1. The van der Waals surface area contributed by atoms with Crippen molar-refractivity contribution in [2.75, 3.05) is 5.32 Å². The summed E-state index contributed by atoms with van der Waals surface area (Å²) in [5.74, 6) is 0.558. The van der Waals surface area contributed by atoms with Gasteiger partial charge in [0.05, 0.1) is 5.69 Å². The SMILES string of the molecule is CC(C)(C)c1cc(Nc2ccccc2O)cc(C(C)(C)C)c1O. The average Bonchev–Trinajstić information content (AvgIpc) is 2.40. The molecule has 2 aromatic rings. The van der Waals surface area contributed by atoms with E-state index in [4.69, 9.17) is 0 Å². The molecule has 0 saturated heterocycles. The molecule has 2 rings (SSSR count). The fraction of sp³-hybridized carbons (Fsp3) is 0.400. The third-order valence-corrected chi connectivity index (χ3v) is 3.91. The van der Waals surface area contributed by atoms with Gasteiger partial charge in [0.1, 0.15) is 11.5 Å². The molecule has 124 valence electrons. The Bertz CT molecular complexity index is 671. The van der Waals surface area contributed by atoms with E-state index >= 15 is 0 Å². The maximum atomic E-state index is 10.7. The number of rotatable bonds is 2. The van der Waals surface area contributed by atoms with Gasteiger partial charge >= 0.3 is 0 Å². The van der Waals surface area contributed by atoms with Gasteiger partial charge in [0, 0.05) is 16.8 Å². The lowest BCUT2D eigenvalue weighted by atomic mass is 9.79. The maximum Gasteiger partial charge on any atom is 0.139 e. The fourth-order valence-electron chi connectivity index (χ4n) is 2.58. The molecule has 0 heterocycles. The molecule has 0 amide bonds. The minimum absolute atomic E-state index is 0.180. The Morgan fingerprint density at radius 3 is 1.70 bits per heavy atom. The molecule has 0 fully saturated rings. The third-order valence-electron chi connectivity index (χ3n) is 3.91. The highest BCUT2D eigenvalue weighted by Gasteiger charge is 2.26. The minimum atomic E-state index is -0.180. The van der Waals surface area contributed by atoms with E-state index in [9.17, 15) is 10.2 Å². The first-order valence-corrected chi connectivity index (χ1v) is 7.93. The van der Waals surface area contributed by atoms with Crippen molar-refractivity contribution in [3.63, 3.8) is 0 Å². The number of para-hydroxylation sites is 2. The number of phenolic OH excluding ortho intramolecular Hbond substituents is 2. The molecule has 0 atom stereocenters. The van der Waals surface area contributed by atoms with Crippen LogP contribution in [0.4, 0.5) is 11.4 Å². The van der Waals surface area contributed by atoms with Crippen LogP contribution in [0.15, 0.2) is 36.4 Å². The predicted octanol–water partition coefficient (Wildman–Crippen LogP) is 5.44. The van der Waals surface area contributed by atoms with Gasteiger partial charge in [0.25, 0.3) is 0 Å². The lowest BCUT2D eigenvalue weighted by molar-refractivity contribution is 0.423. The Kier molecular flexibility index (Phi) is 4.34. The van der Waals surface area contributed by atoms with Crippen LogP contribution in [-0.2, 0) is 10.8 Å². The monoisotopic (exact) mass is 313 g/mol. The van der Waals surface area contributed by atoms with Crippen LogP contribution in [0.2, 0.25) is 0 Å². The standard InChI is InChI=1S/C20H27NO2/c1-19(2,3)14-11-13(12-15(18(14)23)20(4,5)6)21-16-9-7-8-10-17(16)22/h7-12,21-23H,1-6H3. The molecule has 2 aromatic carbocycles. The molecular formula is C20H27NO2. The lowest BCUT2D eigenvalue weighted by Crippen LogP contribution is -2.17. The number of nitrogens with one attached hydrogen (secondary N) is 1. The molecular weight excluding hydrogens is 286 g/mol. The van der Waals surface area contributed by atoms with Gasteiger partial charge in [0.15, 0.2) is 0 Å². The Labute approximate surface area is 139 Å². The van der Waals surface area contributed by atoms with Gasteiger partial charge in [-0.2, -0.15) is 0 Å². The number of benzene rings is 2. The first-order chi connectivity index (χ1) is 10.5. The molecule has 0 aliphatic heterocycles.